The Morgan fingerprint density at radius 3 is 2.13 bits per heavy atom. The first kappa shape index (κ1) is 20.1. The molecule has 0 aromatic rings. The van der Waals surface area contributed by atoms with Gasteiger partial charge in [0.15, 0.2) is 0 Å². The average molecular weight is 352 g/mol. The summed E-state index contributed by atoms with van der Waals surface area (Å²) in [6, 6.07) is -0.921. The van der Waals surface area contributed by atoms with Crippen LogP contribution in [0.15, 0.2) is 0 Å². The monoisotopic (exact) mass is 352 g/mol. The molecule has 1 saturated heterocycles. The summed E-state index contributed by atoms with van der Waals surface area (Å²) in [5, 5.41) is 2.41. The first-order valence-corrected chi connectivity index (χ1v) is 9.08. The van der Waals surface area contributed by atoms with E-state index in [9.17, 15) is 23.9 Å². The molecule has 0 aromatic heterocycles. The van der Waals surface area contributed by atoms with Gasteiger partial charge in [0.25, 0.3) is 11.4 Å². The lowest BCUT2D eigenvalue weighted by Gasteiger charge is -2.43. The van der Waals surface area contributed by atoms with Crippen LogP contribution in [0.25, 0.3) is 0 Å². The summed E-state index contributed by atoms with van der Waals surface area (Å²) in [6.07, 6.45) is -1.03. The molecular weight excluding hydrogens is 327 g/mol. The predicted molar refractivity (Wildman–Crippen MR) is 81.6 cm³/mol. The number of rotatable bonds is 8. The molecule has 0 aliphatic carbocycles. The molecule has 1 fully saturated rings. The normalized spacial score (nSPS) is 22.0. The van der Waals surface area contributed by atoms with E-state index >= 15 is 0 Å². The van der Waals surface area contributed by atoms with Crippen molar-refractivity contribution in [2.75, 3.05) is 13.2 Å². The smallest absolute Gasteiger partial charge is 0.373 e. The van der Waals surface area contributed by atoms with Gasteiger partial charge in [0.05, 0.1) is 0 Å². The van der Waals surface area contributed by atoms with Crippen molar-refractivity contribution in [3.05, 3.63) is 0 Å². The lowest BCUT2D eigenvalue weighted by atomic mass is 10.1. The van der Waals surface area contributed by atoms with E-state index in [-0.39, 0.29) is 19.6 Å². The van der Waals surface area contributed by atoms with Gasteiger partial charge < -0.3 is 24.6 Å². The van der Waals surface area contributed by atoms with Gasteiger partial charge in [-0.1, -0.05) is 6.92 Å². The first-order valence-electron chi connectivity index (χ1n) is 7.47. The van der Waals surface area contributed by atoms with E-state index in [1.165, 1.54) is 20.8 Å². The van der Waals surface area contributed by atoms with Gasteiger partial charge in [-0.05, 0) is 34.1 Å². The van der Waals surface area contributed by atoms with Gasteiger partial charge in [-0.15, -0.1) is 0 Å². The van der Waals surface area contributed by atoms with Gasteiger partial charge in [-0.3, -0.25) is 9.36 Å². The molecule has 0 saturated carbocycles. The fraction of sp³-hybridized carbons (Fsp3) is 0.846. The summed E-state index contributed by atoms with van der Waals surface area (Å²) in [5.41, 5.74) is -3.79. The topological polar surface area (TPSA) is 125 Å². The lowest BCUT2D eigenvalue weighted by Crippen LogP contribution is -2.61. The Labute approximate surface area is 135 Å². The summed E-state index contributed by atoms with van der Waals surface area (Å²) in [7, 11) is -5.11. The molecule has 3 N–H and O–H groups in total. The minimum Gasteiger partial charge on any atom is -0.373 e. The second-order valence-electron chi connectivity index (χ2n) is 5.68. The van der Waals surface area contributed by atoms with Gasteiger partial charge in [-0.2, -0.15) is 0 Å². The zero-order valence-electron chi connectivity index (χ0n) is 14.0. The fourth-order valence-corrected chi connectivity index (χ4v) is 4.02. The minimum atomic E-state index is -5.11. The molecule has 1 rings (SSSR count). The number of urea groups is 1. The van der Waals surface area contributed by atoms with Gasteiger partial charge in [0, 0.05) is 13.2 Å². The molecule has 2 unspecified atom stereocenters. The summed E-state index contributed by atoms with van der Waals surface area (Å²) < 4.78 is 23.1. The van der Waals surface area contributed by atoms with Crippen LogP contribution in [-0.4, -0.2) is 56.9 Å². The Morgan fingerprint density at radius 2 is 1.83 bits per heavy atom. The van der Waals surface area contributed by atoms with Crippen LogP contribution in [-0.2, 0) is 18.8 Å². The van der Waals surface area contributed by atoms with E-state index in [0.29, 0.717) is 4.90 Å². The van der Waals surface area contributed by atoms with Crippen molar-refractivity contribution in [2.45, 2.75) is 58.1 Å². The molecule has 0 spiro atoms. The second kappa shape index (κ2) is 6.86. The molecule has 0 bridgehead atoms. The Morgan fingerprint density at radius 1 is 1.26 bits per heavy atom. The quantitative estimate of drug-likeness (QED) is 0.439. The number of carbonyl (C=O) groups is 2. The summed E-state index contributed by atoms with van der Waals surface area (Å²) >= 11 is 0. The van der Waals surface area contributed by atoms with E-state index < -0.39 is 36.6 Å². The van der Waals surface area contributed by atoms with Crippen molar-refractivity contribution in [3.8, 4) is 0 Å². The maximum atomic E-state index is 12.6. The molecule has 3 amide bonds. The number of amides is 3. The number of hydrogen-bond donors (Lipinski definition) is 3. The highest BCUT2D eigenvalue weighted by Crippen LogP contribution is 2.57. The molecular formula is C13H25N2O7P. The molecule has 1 aliphatic heterocycles. The summed E-state index contributed by atoms with van der Waals surface area (Å²) in [6.45, 7) is 7.72. The van der Waals surface area contributed by atoms with Crippen LogP contribution in [0.4, 0.5) is 4.79 Å². The summed E-state index contributed by atoms with van der Waals surface area (Å²) in [4.78, 5) is 45.4. The number of nitrogens with zero attached hydrogens (tertiary/aromatic N) is 1. The zero-order chi connectivity index (χ0) is 18.1. The Hall–Kier alpha value is -0.990. The van der Waals surface area contributed by atoms with E-state index in [1.54, 1.807) is 13.8 Å². The van der Waals surface area contributed by atoms with Crippen LogP contribution in [0.1, 0.15) is 41.0 Å². The highest BCUT2D eigenvalue weighted by molar-refractivity contribution is 7.53. The maximum absolute atomic E-state index is 12.6. The number of imide groups is 1. The molecule has 1 aliphatic rings. The molecule has 0 aromatic carbocycles. The average Bonchev–Trinajstić information content (AvgIpc) is 2.61. The van der Waals surface area contributed by atoms with E-state index in [1.807, 2.05) is 0 Å². The Kier molecular flexibility index (Phi) is 5.98. The van der Waals surface area contributed by atoms with Gasteiger partial charge in [0.1, 0.15) is 11.6 Å². The molecule has 2 atom stereocenters. The SMILES string of the molecule is CCOC(CC)C(OCC)(N1C(=O)NC(C)(C)C1=O)P(=O)(O)O. The van der Waals surface area contributed by atoms with E-state index in [0.717, 1.165) is 0 Å². The predicted octanol–water partition coefficient (Wildman–Crippen LogP) is 1.000. The summed E-state index contributed by atoms with van der Waals surface area (Å²) in [5.74, 6) is -0.780. The minimum absolute atomic E-state index is 0.119. The van der Waals surface area contributed by atoms with Crippen molar-refractivity contribution in [3.63, 3.8) is 0 Å². The van der Waals surface area contributed by atoms with Crippen molar-refractivity contribution < 1.29 is 33.4 Å². The highest BCUT2D eigenvalue weighted by atomic mass is 31.2. The highest BCUT2D eigenvalue weighted by Gasteiger charge is 2.66. The Balaban J connectivity index is 3.59. The van der Waals surface area contributed by atoms with Gasteiger partial charge in [0.2, 0.25) is 0 Å². The fourth-order valence-electron chi connectivity index (χ4n) is 2.65. The molecule has 0 radical (unpaired) electrons. The van der Waals surface area contributed by atoms with Crippen molar-refractivity contribution in [1.82, 2.24) is 10.2 Å². The van der Waals surface area contributed by atoms with E-state index in [4.69, 9.17) is 9.47 Å². The maximum Gasteiger partial charge on any atom is 0.381 e. The zero-order valence-corrected chi connectivity index (χ0v) is 14.9. The van der Waals surface area contributed by atoms with Crippen LogP contribution >= 0.6 is 7.60 Å². The van der Waals surface area contributed by atoms with Crippen LogP contribution in [0.2, 0.25) is 0 Å². The standard InChI is InChI=1S/C13H25N2O7P/c1-6-9(21-7-2)13(22-8-3,23(18,19)20)15-10(16)12(4,5)14-11(15)17/h9H,6-8H2,1-5H3,(H,14,17)(H2,18,19,20). The van der Waals surface area contributed by atoms with Crippen LogP contribution in [0.3, 0.4) is 0 Å². The number of hydrogen-bond acceptors (Lipinski definition) is 5. The molecule has 10 heteroatoms. The van der Waals surface area contributed by atoms with Crippen LogP contribution in [0.5, 0.6) is 0 Å². The van der Waals surface area contributed by atoms with Gasteiger partial charge >= 0.3 is 13.6 Å². The van der Waals surface area contributed by atoms with Crippen LogP contribution in [0, 0.1) is 0 Å². The molecule has 1 heterocycles. The lowest BCUT2D eigenvalue weighted by molar-refractivity contribution is -0.178. The van der Waals surface area contributed by atoms with Crippen molar-refractivity contribution >= 4 is 19.5 Å². The largest absolute Gasteiger partial charge is 0.381 e. The van der Waals surface area contributed by atoms with Crippen molar-refractivity contribution in [2.24, 2.45) is 0 Å². The third-order valence-corrected chi connectivity index (χ3v) is 5.06. The molecule has 134 valence electrons. The Bertz CT molecular complexity index is 518. The van der Waals surface area contributed by atoms with Crippen molar-refractivity contribution in [1.29, 1.82) is 0 Å². The van der Waals surface area contributed by atoms with Gasteiger partial charge in [-0.25, -0.2) is 9.69 Å². The number of nitrogens with one attached hydrogen (secondary N) is 1. The third kappa shape index (κ3) is 3.29. The molecule has 23 heavy (non-hydrogen) atoms. The third-order valence-electron chi connectivity index (χ3n) is 3.61. The van der Waals surface area contributed by atoms with Crippen LogP contribution < -0.4 is 5.32 Å². The van der Waals surface area contributed by atoms with E-state index in [2.05, 4.69) is 5.32 Å². The molecule has 9 nitrogen and oxygen atoms in total. The number of carbonyl (C=O) groups excluding carboxylic acids is 2. The number of ether oxygens (including phenoxy) is 2. The second-order valence-corrected chi connectivity index (χ2v) is 7.41. The first-order chi connectivity index (χ1) is 10.5.